The lowest BCUT2D eigenvalue weighted by Gasteiger charge is -2.45. The van der Waals surface area contributed by atoms with E-state index in [1.165, 1.54) is 123 Å². The van der Waals surface area contributed by atoms with Crippen molar-refractivity contribution >= 4 is 57.2 Å². The zero-order valence-corrected chi connectivity index (χ0v) is 46.3. The molecule has 0 saturated carbocycles. The molecule has 0 bridgehead atoms. The van der Waals surface area contributed by atoms with E-state index in [0.717, 1.165) is 11.4 Å². The fraction of sp³-hybridized carbons (Fsp3) is 0.250. The molecular weight excluding hydrogens is 904 g/mol. The molecule has 9 aromatic rings. The van der Waals surface area contributed by atoms with Gasteiger partial charge in [-0.3, -0.25) is 0 Å². The Labute approximate surface area is 447 Å². The molecule has 3 heteroatoms. The Morgan fingerprint density at radius 3 is 1.08 bits per heavy atom. The molecule has 0 atom stereocenters. The average Bonchev–Trinajstić information content (AvgIpc) is 3.78. The monoisotopic (exact) mass is 973 g/mol. The van der Waals surface area contributed by atoms with E-state index in [0.29, 0.717) is 0 Å². The Bertz CT molecular complexity index is 3590. The van der Waals surface area contributed by atoms with Gasteiger partial charge in [0.2, 0.25) is 0 Å². The molecule has 0 spiro atoms. The van der Waals surface area contributed by atoms with Crippen LogP contribution in [0.15, 0.2) is 182 Å². The van der Waals surface area contributed by atoms with Crippen molar-refractivity contribution in [1.29, 1.82) is 0 Å². The number of anilines is 6. The van der Waals surface area contributed by atoms with E-state index in [1.807, 2.05) is 0 Å². The predicted octanol–water partition coefficient (Wildman–Crippen LogP) is 17.6. The Kier molecular flexibility index (Phi) is 10.2. The molecule has 0 unspecified atom stereocenters. The van der Waals surface area contributed by atoms with Crippen molar-refractivity contribution in [2.75, 3.05) is 9.80 Å². The third-order valence-corrected chi connectivity index (χ3v) is 17.8. The second-order valence-corrected chi connectivity index (χ2v) is 26.2. The van der Waals surface area contributed by atoms with Crippen LogP contribution in [0.5, 0.6) is 0 Å². The van der Waals surface area contributed by atoms with Gasteiger partial charge in [-0.25, -0.2) is 0 Å². The van der Waals surface area contributed by atoms with E-state index in [9.17, 15) is 0 Å². The molecule has 13 rings (SSSR count). The van der Waals surface area contributed by atoms with Crippen molar-refractivity contribution in [3.05, 3.63) is 221 Å². The van der Waals surface area contributed by atoms with Crippen LogP contribution in [0.3, 0.4) is 0 Å². The maximum Gasteiger partial charge on any atom is 0.252 e. The summed E-state index contributed by atoms with van der Waals surface area (Å²) in [6.07, 6.45) is 0. The van der Waals surface area contributed by atoms with Crippen molar-refractivity contribution in [3.8, 4) is 44.5 Å². The summed E-state index contributed by atoms with van der Waals surface area (Å²) < 4.78 is 0. The van der Waals surface area contributed by atoms with Gasteiger partial charge in [0.15, 0.2) is 0 Å². The van der Waals surface area contributed by atoms with Gasteiger partial charge >= 0.3 is 0 Å². The van der Waals surface area contributed by atoms with E-state index >= 15 is 0 Å². The highest BCUT2D eigenvalue weighted by molar-refractivity contribution is 7.00. The first-order valence-electron chi connectivity index (χ1n) is 27.4. The number of rotatable bonds is 4. The highest BCUT2D eigenvalue weighted by atomic mass is 15.2. The van der Waals surface area contributed by atoms with Crippen molar-refractivity contribution in [1.82, 2.24) is 0 Å². The van der Waals surface area contributed by atoms with E-state index in [2.05, 4.69) is 282 Å². The SMILES string of the molecule is CC(C)(C)c1ccc2c(c1)B1c3cc(C(C)(C)C)ccc3N(c3ccc(-c4cccc5c4-c4ccccc4C5(C)C)cc3)c3cc(C(C)(C)C)cc(c31)N2c1ccc(-c2cccc3c2-c2ccccc2C3(C)C)cc1. The van der Waals surface area contributed by atoms with Gasteiger partial charge in [0, 0.05) is 45.0 Å². The van der Waals surface area contributed by atoms with Gasteiger partial charge in [-0.1, -0.05) is 223 Å². The maximum atomic E-state index is 2.60. The normalized spacial score (nSPS) is 15.4. The Morgan fingerprint density at radius 1 is 0.333 bits per heavy atom. The smallest absolute Gasteiger partial charge is 0.252 e. The van der Waals surface area contributed by atoms with Crippen LogP contribution in [-0.4, -0.2) is 6.71 Å². The summed E-state index contributed by atoms with van der Waals surface area (Å²) in [6, 6.07) is 70.6. The van der Waals surface area contributed by atoms with Crippen molar-refractivity contribution in [2.45, 2.75) is 117 Å². The van der Waals surface area contributed by atoms with Crippen LogP contribution in [0.25, 0.3) is 44.5 Å². The number of hydrogen-bond acceptors (Lipinski definition) is 2. The summed E-state index contributed by atoms with van der Waals surface area (Å²) in [5, 5.41) is 0. The quantitative estimate of drug-likeness (QED) is 0.162. The number of nitrogens with zero attached hydrogens (tertiary/aromatic N) is 2. The lowest BCUT2D eigenvalue weighted by atomic mass is 9.33. The van der Waals surface area contributed by atoms with Crippen molar-refractivity contribution < 1.29 is 0 Å². The fourth-order valence-electron chi connectivity index (χ4n) is 13.5. The van der Waals surface area contributed by atoms with E-state index in [4.69, 9.17) is 0 Å². The number of hydrogen-bond donors (Lipinski definition) is 0. The van der Waals surface area contributed by atoms with Crippen LogP contribution in [0.1, 0.15) is 129 Å². The molecule has 0 amide bonds. The summed E-state index contributed by atoms with van der Waals surface area (Å²) in [4.78, 5) is 5.19. The molecular formula is C72H69BN2. The molecule has 0 aromatic heterocycles. The average molecular weight is 973 g/mol. The highest BCUT2D eigenvalue weighted by Crippen LogP contribution is 2.55. The zero-order chi connectivity index (χ0) is 52.3. The first kappa shape index (κ1) is 47.4. The molecule has 9 aromatic carbocycles. The Balaban J connectivity index is 1.03. The van der Waals surface area contributed by atoms with Crippen LogP contribution in [-0.2, 0) is 27.1 Å². The lowest BCUT2D eigenvalue weighted by molar-refractivity contribution is 0.590. The molecule has 2 heterocycles. The predicted molar refractivity (Wildman–Crippen MR) is 323 cm³/mol. The number of fused-ring (bicyclic) bond motifs is 10. The third-order valence-electron chi connectivity index (χ3n) is 17.8. The maximum absolute atomic E-state index is 2.60. The summed E-state index contributed by atoms with van der Waals surface area (Å²) >= 11 is 0. The Morgan fingerprint density at radius 2 is 0.693 bits per heavy atom. The van der Waals surface area contributed by atoms with Gasteiger partial charge in [0.25, 0.3) is 6.71 Å². The van der Waals surface area contributed by atoms with Gasteiger partial charge in [-0.15, -0.1) is 0 Å². The summed E-state index contributed by atoms with van der Waals surface area (Å²) in [7, 11) is 0. The van der Waals surface area contributed by atoms with Gasteiger partial charge in [0.05, 0.1) is 0 Å². The molecule has 2 aliphatic carbocycles. The van der Waals surface area contributed by atoms with Gasteiger partial charge in [-0.05, 0) is 165 Å². The molecule has 75 heavy (non-hydrogen) atoms. The molecule has 0 radical (unpaired) electrons. The van der Waals surface area contributed by atoms with Gasteiger partial charge < -0.3 is 9.80 Å². The minimum absolute atomic E-state index is 0.00956. The third kappa shape index (κ3) is 7.06. The van der Waals surface area contributed by atoms with E-state index in [-0.39, 0.29) is 33.8 Å². The van der Waals surface area contributed by atoms with Gasteiger partial charge in [-0.2, -0.15) is 0 Å². The standard InChI is InChI=1S/C72H69BN2/c1-68(2,3)46-32-38-61-59(40-46)73-60-41-47(69(4,5)6)33-39-62(60)75(50-36-30-45(31-37-50)52-23-19-27-58-66(52)54-21-15-17-25-56(54)72(58,12)13)64-43-48(70(7,8)9)42-63(67(64)73)74(61)49-34-28-44(29-35-49)51-22-18-26-57-65(51)53-20-14-16-24-55(53)71(57,10)11/h14-43H,1-13H3. The Hall–Kier alpha value is -7.36. The molecule has 0 N–H and O–H groups in total. The summed E-state index contributed by atoms with van der Waals surface area (Å²) in [6.45, 7) is 30.7. The summed E-state index contributed by atoms with van der Waals surface area (Å²) in [5.41, 5.74) is 31.1. The molecule has 370 valence electrons. The highest BCUT2D eigenvalue weighted by Gasteiger charge is 2.46. The molecule has 2 nitrogen and oxygen atoms in total. The molecule has 0 saturated heterocycles. The van der Waals surface area contributed by atoms with Crippen LogP contribution < -0.4 is 26.2 Å². The minimum atomic E-state index is -0.131. The topological polar surface area (TPSA) is 6.48 Å². The van der Waals surface area contributed by atoms with Crippen LogP contribution >= 0.6 is 0 Å². The van der Waals surface area contributed by atoms with Crippen molar-refractivity contribution in [3.63, 3.8) is 0 Å². The fourth-order valence-corrected chi connectivity index (χ4v) is 13.5. The number of benzene rings is 9. The largest absolute Gasteiger partial charge is 0.311 e. The molecule has 2 aliphatic heterocycles. The molecule has 4 aliphatic rings. The lowest BCUT2D eigenvalue weighted by Crippen LogP contribution is -2.61. The van der Waals surface area contributed by atoms with E-state index in [1.54, 1.807) is 0 Å². The second-order valence-electron chi connectivity index (χ2n) is 26.2. The summed E-state index contributed by atoms with van der Waals surface area (Å²) in [5.74, 6) is 0. The van der Waals surface area contributed by atoms with Crippen molar-refractivity contribution in [2.24, 2.45) is 0 Å². The zero-order valence-electron chi connectivity index (χ0n) is 46.3. The molecule has 0 fully saturated rings. The first-order chi connectivity index (χ1) is 35.6. The van der Waals surface area contributed by atoms with Crippen LogP contribution in [0, 0.1) is 0 Å². The van der Waals surface area contributed by atoms with Crippen LogP contribution in [0.4, 0.5) is 34.1 Å². The second kappa shape index (κ2) is 16.1. The van der Waals surface area contributed by atoms with Crippen LogP contribution in [0.2, 0.25) is 0 Å². The minimum Gasteiger partial charge on any atom is -0.311 e. The first-order valence-corrected chi connectivity index (χ1v) is 27.4. The van der Waals surface area contributed by atoms with Gasteiger partial charge in [0.1, 0.15) is 0 Å². The van der Waals surface area contributed by atoms with E-state index < -0.39 is 0 Å².